The van der Waals surface area contributed by atoms with Crippen LogP contribution in [0.5, 0.6) is 5.75 Å². The Morgan fingerprint density at radius 3 is 3.15 bits per heavy atom. The van der Waals surface area contributed by atoms with Crippen molar-refractivity contribution in [1.82, 2.24) is 0 Å². The molecule has 0 saturated heterocycles. The summed E-state index contributed by atoms with van der Waals surface area (Å²) in [6.07, 6.45) is -0.506. The highest BCUT2D eigenvalue weighted by Crippen LogP contribution is 2.29. The van der Waals surface area contributed by atoms with Gasteiger partial charge in [0, 0.05) is 5.56 Å². The molecule has 13 heavy (non-hydrogen) atoms. The molecule has 0 radical (unpaired) electrons. The molecule has 0 fully saturated rings. The second kappa shape index (κ2) is 3.36. The predicted molar refractivity (Wildman–Crippen MR) is 47.5 cm³/mol. The average molecular weight is 180 g/mol. The summed E-state index contributed by atoms with van der Waals surface area (Å²) in [6.45, 7) is 2.40. The number of para-hydroxylation sites is 1. The summed E-state index contributed by atoms with van der Waals surface area (Å²) in [5, 5.41) is 8.86. The number of hydrogen-bond donors (Lipinski definition) is 1. The molecule has 1 aliphatic heterocycles. The van der Waals surface area contributed by atoms with Crippen LogP contribution < -0.4 is 4.74 Å². The molecular formula is C10H12O3. The maximum absolute atomic E-state index is 8.86. The molecule has 1 heterocycles. The number of benzene rings is 1. The van der Waals surface area contributed by atoms with Gasteiger partial charge in [0.05, 0.1) is 6.61 Å². The Bertz CT molecular complexity index is 309. The van der Waals surface area contributed by atoms with Crippen LogP contribution in [0.2, 0.25) is 0 Å². The minimum Gasteiger partial charge on any atom is -0.462 e. The van der Waals surface area contributed by atoms with Crippen LogP contribution >= 0.6 is 0 Å². The van der Waals surface area contributed by atoms with E-state index in [1.165, 1.54) is 0 Å². The van der Waals surface area contributed by atoms with E-state index in [0.29, 0.717) is 6.61 Å². The lowest BCUT2D eigenvalue weighted by Gasteiger charge is -2.26. The molecule has 1 aromatic carbocycles. The summed E-state index contributed by atoms with van der Waals surface area (Å²) >= 11 is 0. The number of aryl methyl sites for hydroxylation is 1. The standard InChI is InChI=1S/C10H12O3/c1-7-3-2-4-8-6-12-9(5-11)13-10(7)8/h2-4,9,11H,5-6H2,1H3. The Balaban J connectivity index is 2.32. The van der Waals surface area contributed by atoms with Gasteiger partial charge in [-0.25, -0.2) is 0 Å². The lowest BCUT2D eigenvalue weighted by molar-refractivity contribution is -0.131. The van der Waals surface area contributed by atoms with Crippen molar-refractivity contribution in [2.45, 2.75) is 19.8 Å². The number of aliphatic hydroxyl groups is 1. The van der Waals surface area contributed by atoms with E-state index in [4.69, 9.17) is 14.6 Å². The highest BCUT2D eigenvalue weighted by molar-refractivity contribution is 5.41. The van der Waals surface area contributed by atoms with Crippen molar-refractivity contribution in [1.29, 1.82) is 0 Å². The fourth-order valence-corrected chi connectivity index (χ4v) is 1.43. The summed E-state index contributed by atoms with van der Waals surface area (Å²) in [5.74, 6) is 0.854. The summed E-state index contributed by atoms with van der Waals surface area (Å²) in [4.78, 5) is 0. The van der Waals surface area contributed by atoms with E-state index in [9.17, 15) is 0 Å². The van der Waals surface area contributed by atoms with E-state index in [0.717, 1.165) is 16.9 Å². The summed E-state index contributed by atoms with van der Waals surface area (Å²) in [7, 11) is 0. The fraction of sp³-hybridized carbons (Fsp3) is 0.400. The van der Waals surface area contributed by atoms with Gasteiger partial charge in [-0.2, -0.15) is 0 Å². The molecule has 2 rings (SSSR count). The largest absolute Gasteiger partial charge is 0.462 e. The van der Waals surface area contributed by atoms with Gasteiger partial charge in [-0.1, -0.05) is 18.2 Å². The zero-order chi connectivity index (χ0) is 9.26. The second-order valence-corrected chi connectivity index (χ2v) is 3.10. The van der Waals surface area contributed by atoms with Crippen LogP contribution in [0.3, 0.4) is 0 Å². The first-order valence-electron chi connectivity index (χ1n) is 4.29. The van der Waals surface area contributed by atoms with Gasteiger partial charge < -0.3 is 14.6 Å². The normalized spacial score (nSPS) is 20.6. The third kappa shape index (κ3) is 1.53. The van der Waals surface area contributed by atoms with E-state index in [1.807, 2.05) is 25.1 Å². The van der Waals surface area contributed by atoms with E-state index < -0.39 is 6.29 Å². The van der Waals surface area contributed by atoms with E-state index in [2.05, 4.69) is 0 Å². The molecule has 0 amide bonds. The molecule has 1 unspecified atom stereocenters. The van der Waals surface area contributed by atoms with Crippen LogP contribution in [0.1, 0.15) is 11.1 Å². The summed E-state index contributed by atoms with van der Waals surface area (Å²) < 4.78 is 10.7. The molecule has 1 aliphatic rings. The van der Waals surface area contributed by atoms with Crippen molar-refractivity contribution in [3.05, 3.63) is 29.3 Å². The first-order valence-corrected chi connectivity index (χ1v) is 4.29. The number of ether oxygens (including phenoxy) is 2. The van der Waals surface area contributed by atoms with E-state index in [1.54, 1.807) is 0 Å². The van der Waals surface area contributed by atoms with Gasteiger partial charge in [-0.15, -0.1) is 0 Å². The number of aliphatic hydroxyl groups excluding tert-OH is 1. The topological polar surface area (TPSA) is 38.7 Å². The van der Waals surface area contributed by atoms with Crippen LogP contribution in [0.15, 0.2) is 18.2 Å². The molecule has 0 spiro atoms. The van der Waals surface area contributed by atoms with Crippen LogP contribution in [-0.2, 0) is 11.3 Å². The second-order valence-electron chi connectivity index (χ2n) is 3.10. The van der Waals surface area contributed by atoms with Gasteiger partial charge >= 0.3 is 0 Å². The zero-order valence-corrected chi connectivity index (χ0v) is 7.49. The Hall–Kier alpha value is -1.06. The first kappa shape index (κ1) is 8.53. The number of rotatable bonds is 1. The van der Waals surface area contributed by atoms with Gasteiger partial charge in [-0.3, -0.25) is 0 Å². The zero-order valence-electron chi connectivity index (χ0n) is 7.49. The lowest BCUT2D eigenvalue weighted by atomic mass is 10.1. The van der Waals surface area contributed by atoms with Gasteiger partial charge in [0.1, 0.15) is 12.4 Å². The van der Waals surface area contributed by atoms with Crippen LogP contribution in [-0.4, -0.2) is 18.0 Å². The fourth-order valence-electron chi connectivity index (χ4n) is 1.43. The maximum atomic E-state index is 8.86. The molecule has 0 aliphatic carbocycles. The monoisotopic (exact) mass is 180 g/mol. The molecule has 1 atom stereocenters. The highest BCUT2D eigenvalue weighted by Gasteiger charge is 2.20. The summed E-state index contributed by atoms with van der Waals surface area (Å²) in [5.41, 5.74) is 2.13. The molecule has 0 saturated carbocycles. The molecule has 3 heteroatoms. The number of hydrogen-bond acceptors (Lipinski definition) is 3. The quantitative estimate of drug-likeness (QED) is 0.706. The smallest absolute Gasteiger partial charge is 0.223 e. The van der Waals surface area contributed by atoms with Crippen molar-refractivity contribution in [3.8, 4) is 5.75 Å². The molecule has 1 aromatic rings. The van der Waals surface area contributed by atoms with Crippen LogP contribution in [0.25, 0.3) is 0 Å². The molecular weight excluding hydrogens is 168 g/mol. The van der Waals surface area contributed by atoms with Crippen molar-refractivity contribution in [3.63, 3.8) is 0 Å². The van der Waals surface area contributed by atoms with Crippen molar-refractivity contribution in [2.75, 3.05) is 6.61 Å². The average Bonchev–Trinajstić information content (AvgIpc) is 2.18. The van der Waals surface area contributed by atoms with Gasteiger partial charge in [0.25, 0.3) is 0 Å². The molecule has 0 aromatic heterocycles. The van der Waals surface area contributed by atoms with Gasteiger partial charge in [-0.05, 0) is 12.5 Å². The highest BCUT2D eigenvalue weighted by atomic mass is 16.7. The van der Waals surface area contributed by atoms with Gasteiger partial charge in [0.15, 0.2) is 0 Å². The van der Waals surface area contributed by atoms with Crippen molar-refractivity contribution in [2.24, 2.45) is 0 Å². The summed E-state index contributed by atoms with van der Waals surface area (Å²) in [6, 6.07) is 5.93. The Labute approximate surface area is 76.9 Å². The van der Waals surface area contributed by atoms with Crippen molar-refractivity contribution < 1.29 is 14.6 Å². The third-order valence-electron chi connectivity index (χ3n) is 2.12. The number of fused-ring (bicyclic) bond motifs is 1. The SMILES string of the molecule is Cc1cccc2c1OC(CO)OC2. The Kier molecular flexibility index (Phi) is 2.20. The van der Waals surface area contributed by atoms with E-state index >= 15 is 0 Å². The lowest BCUT2D eigenvalue weighted by Crippen LogP contribution is -2.29. The molecule has 0 bridgehead atoms. The minimum atomic E-state index is -0.506. The maximum Gasteiger partial charge on any atom is 0.223 e. The van der Waals surface area contributed by atoms with Crippen LogP contribution in [0.4, 0.5) is 0 Å². The molecule has 70 valence electrons. The third-order valence-corrected chi connectivity index (χ3v) is 2.12. The predicted octanol–water partition coefficient (Wildman–Crippen LogP) is 1.22. The van der Waals surface area contributed by atoms with Crippen LogP contribution in [0, 0.1) is 6.92 Å². The van der Waals surface area contributed by atoms with Gasteiger partial charge in [0.2, 0.25) is 6.29 Å². The van der Waals surface area contributed by atoms with E-state index in [-0.39, 0.29) is 6.61 Å². The van der Waals surface area contributed by atoms with Crippen molar-refractivity contribution >= 4 is 0 Å². The first-order chi connectivity index (χ1) is 6.31. The Morgan fingerprint density at radius 1 is 1.54 bits per heavy atom. The Morgan fingerprint density at radius 2 is 2.38 bits per heavy atom. The molecule has 3 nitrogen and oxygen atoms in total. The molecule has 1 N–H and O–H groups in total. The minimum absolute atomic E-state index is 0.103.